The highest BCUT2D eigenvalue weighted by Crippen LogP contribution is 2.04. The third-order valence-electron chi connectivity index (χ3n) is 3.27. The SMILES string of the molecule is C[SiH](C)N(CCN([SiH](C)C)[SiH](C)C)[SiH](C)C. The summed E-state index contributed by atoms with van der Waals surface area (Å²) in [4.78, 5) is 0. The van der Waals surface area contributed by atoms with Crippen LogP contribution in [-0.2, 0) is 0 Å². The Morgan fingerprint density at radius 3 is 0.812 bits per heavy atom. The van der Waals surface area contributed by atoms with E-state index in [-0.39, 0.29) is 0 Å². The number of rotatable bonds is 7. The van der Waals surface area contributed by atoms with Crippen LogP contribution in [0.25, 0.3) is 0 Å². The van der Waals surface area contributed by atoms with Crippen molar-refractivity contribution in [1.82, 2.24) is 8.46 Å². The average molecular weight is 293 g/mol. The van der Waals surface area contributed by atoms with Gasteiger partial charge < -0.3 is 8.46 Å². The molecule has 0 spiro atoms. The lowest BCUT2D eigenvalue weighted by atomic mass is 10.7. The van der Waals surface area contributed by atoms with Crippen molar-refractivity contribution in [2.75, 3.05) is 13.1 Å². The van der Waals surface area contributed by atoms with Crippen LogP contribution in [0.4, 0.5) is 0 Å². The molecule has 0 aliphatic heterocycles. The highest BCUT2D eigenvalue weighted by atomic mass is 28.4. The summed E-state index contributed by atoms with van der Waals surface area (Å²) in [5.74, 6) is 0. The predicted molar refractivity (Wildman–Crippen MR) is 88.9 cm³/mol. The summed E-state index contributed by atoms with van der Waals surface area (Å²) in [5.41, 5.74) is 0. The van der Waals surface area contributed by atoms with Crippen LogP contribution in [-0.4, -0.2) is 57.4 Å². The highest BCUT2D eigenvalue weighted by molar-refractivity contribution is 6.70. The van der Waals surface area contributed by atoms with Crippen LogP contribution in [0, 0.1) is 0 Å². The second kappa shape index (κ2) is 7.99. The molecule has 0 aromatic rings. The molecule has 0 heterocycles. The molecule has 0 saturated heterocycles. The van der Waals surface area contributed by atoms with Gasteiger partial charge in [0.15, 0.2) is 0 Å². The van der Waals surface area contributed by atoms with Crippen LogP contribution in [0.5, 0.6) is 0 Å². The maximum Gasteiger partial charge on any atom is 0.0980 e. The van der Waals surface area contributed by atoms with E-state index in [4.69, 9.17) is 0 Å². The van der Waals surface area contributed by atoms with E-state index in [9.17, 15) is 0 Å². The van der Waals surface area contributed by atoms with Gasteiger partial charge in [0.05, 0.1) is 35.8 Å². The van der Waals surface area contributed by atoms with E-state index in [1.54, 1.807) is 0 Å². The fraction of sp³-hybridized carbons (Fsp3) is 1.00. The Balaban J connectivity index is 4.27. The zero-order valence-electron chi connectivity index (χ0n) is 12.6. The first-order valence-electron chi connectivity index (χ1n) is 6.78. The van der Waals surface area contributed by atoms with Gasteiger partial charge in [-0.2, -0.15) is 0 Å². The quantitative estimate of drug-likeness (QED) is 0.657. The molecule has 0 aromatic carbocycles. The summed E-state index contributed by atoms with van der Waals surface area (Å²) in [6.07, 6.45) is 0. The first-order chi connectivity index (χ1) is 7.27. The number of nitrogens with zero attached hydrogens (tertiary/aromatic N) is 2. The van der Waals surface area contributed by atoms with Crippen LogP contribution < -0.4 is 0 Å². The lowest BCUT2D eigenvalue weighted by Crippen LogP contribution is -2.51. The molecule has 2 nitrogen and oxygen atoms in total. The molecule has 0 bridgehead atoms. The molecule has 0 aliphatic carbocycles. The van der Waals surface area contributed by atoms with Crippen LogP contribution in [0.2, 0.25) is 52.4 Å². The van der Waals surface area contributed by atoms with Crippen molar-refractivity contribution >= 4 is 35.8 Å². The summed E-state index contributed by atoms with van der Waals surface area (Å²) in [6.45, 7) is 22.6. The summed E-state index contributed by atoms with van der Waals surface area (Å²) in [6, 6.07) is 0. The van der Waals surface area contributed by atoms with Crippen molar-refractivity contribution in [3.8, 4) is 0 Å². The van der Waals surface area contributed by atoms with E-state index >= 15 is 0 Å². The molecule has 0 saturated carbocycles. The molecule has 0 N–H and O–H groups in total. The lowest BCUT2D eigenvalue weighted by Gasteiger charge is -2.35. The normalized spacial score (nSPS) is 13.1. The zero-order valence-corrected chi connectivity index (χ0v) is 17.2. The van der Waals surface area contributed by atoms with Crippen LogP contribution >= 0.6 is 0 Å². The molecule has 6 heteroatoms. The van der Waals surface area contributed by atoms with Gasteiger partial charge in [0, 0.05) is 0 Å². The summed E-state index contributed by atoms with van der Waals surface area (Å²) >= 11 is 0. The molecule has 0 amide bonds. The van der Waals surface area contributed by atoms with Gasteiger partial charge in [-0.05, 0) is 13.1 Å². The van der Waals surface area contributed by atoms with Gasteiger partial charge in [-0.3, -0.25) is 0 Å². The third-order valence-corrected chi connectivity index (χ3v) is 16.8. The molecule has 98 valence electrons. The largest absolute Gasteiger partial charge is 0.350 e. The van der Waals surface area contributed by atoms with Crippen molar-refractivity contribution in [1.29, 1.82) is 0 Å². The standard InChI is InChI=1S/C10H32N2Si4/c1-13(2)11(14(3)4)9-10-12(15(5)6)16(7)8/h13-16H,9-10H2,1-8H3. The van der Waals surface area contributed by atoms with E-state index in [0.717, 1.165) is 0 Å². The summed E-state index contributed by atoms with van der Waals surface area (Å²) < 4.78 is 5.78. The minimum Gasteiger partial charge on any atom is -0.350 e. The summed E-state index contributed by atoms with van der Waals surface area (Å²) in [5, 5.41) is 0. The first-order valence-corrected chi connectivity index (χ1v) is 18.1. The smallest absolute Gasteiger partial charge is 0.0980 e. The maximum absolute atomic E-state index is 2.89. The molecule has 0 rings (SSSR count). The Hall–Kier alpha value is 0.788. The van der Waals surface area contributed by atoms with Crippen molar-refractivity contribution in [3.05, 3.63) is 0 Å². The van der Waals surface area contributed by atoms with Crippen molar-refractivity contribution in [3.63, 3.8) is 0 Å². The predicted octanol–water partition coefficient (Wildman–Crippen LogP) is 1.52. The number of hydrogen-bond acceptors (Lipinski definition) is 2. The van der Waals surface area contributed by atoms with Crippen molar-refractivity contribution in [2.45, 2.75) is 52.4 Å². The second-order valence-corrected chi connectivity index (χ2v) is 18.4. The molecule has 0 radical (unpaired) electrons. The monoisotopic (exact) mass is 292 g/mol. The topological polar surface area (TPSA) is 6.48 Å². The minimum atomic E-state index is -0.566. The van der Waals surface area contributed by atoms with E-state index < -0.39 is 35.8 Å². The van der Waals surface area contributed by atoms with Crippen molar-refractivity contribution in [2.24, 2.45) is 0 Å². The Morgan fingerprint density at radius 1 is 0.500 bits per heavy atom. The fourth-order valence-corrected chi connectivity index (χ4v) is 14.5. The van der Waals surface area contributed by atoms with E-state index in [1.165, 1.54) is 13.1 Å². The fourth-order valence-electron chi connectivity index (χ4n) is 2.46. The van der Waals surface area contributed by atoms with Gasteiger partial charge in [0.1, 0.15) is 0 Å². The van der Waals surface area contributed by atoms with E-state index in [0.29, 0.717) is 0 Å². The molecular weight excluding hydrogens is 260 g/mol. The van der Waals surface area contributed by atoms with Gasteiger partial charge in [0.25, 0.3) is 0 Å². The second-order valence-electron chi connectivity index (χ2n) is 5.85. The molecule has 0 fully saturated rings. The highest BCUT2D eigenvalue weighted by Gasteiger charge is 2.19. The van der Waals surface area contributed by atoms with Crippen LogP contribution in [0.3, 0.4) is 0 Å². The van der Waals surface area contributed by atoms with Gasteiger partial charge >= 0.3 is 0 Å². The minimum absolute atomic E-state index is 0.566. The molecule has 0 atom stereocenters. The molecule has 0 unspecified atom stereocenters. The molecule has 16 heavy (non-hydrogen) atoms. The molecular formula is C10H32N2Si4. The van der Waals surface area contributed by atoms with Gasteiger partial charge in [-0.1, -0.05) is 52.4 Å². The zero-order chi connectivity index (χ0) is 12.9. The Bertz CT molecular complexity index is 150. The molecule has 0 aliphatic rings. The van der Waals surface area contributed by atoms with Crippen LogP contribution in [0.15, 0.2) is 0 Å². The number of hydrogen-bond donors (Lipinski definition) is 0. The third kappa shape index (κ3) is 5.92. The van der Waals surface area contributed by atoms with Crippen LogP contribution in [0.1, 0.15) is 0 Å². The first kappa shape index (κ1) is 16.8. The van der Waals surface area contributed by atoms with Gasteiger partial charge in [0.2, 0.25) is 0 Å². The van der Waals surface area contributed by atoms with Gasteiger partial charge in [-0.25, -0.2) is 0 Å². The Morgan fingerprint density at radius 2 is 0.688 bits per heavy atom. The van der Waals surface area contributed by atoms with Gasteiger partial charge in [-0.15, -0.1) is 0 Å². The summed E-state index contributed by atoms with van der Waals surface area (Å²) in [7, 11) is -2.26. The average Bonchev–Trinajstić information content (AvgIpc) is 2.09. The lowest BCUT2D eigenvalue weighted by molar-refractivity contribution is 0.545. The maximum atomic E-state index is 2.89. The Labute approximate surface area is 110 Å². The Kier molecular flexibility index (Phi) is 8.38. The molecule has 0 aromatic heterocycles. The van der Waals surface area contributed by atoms with Crippen molar-refractivity contribution < 1.29 is 0 Å². The van der Waals surface area contributed by atoms with E-state index in [2.05, 4.69) is 60.8 Å². The van der Waals surface area contributed by atoms with E-state index in [1.807, 2.05) is 0 Å².